The Kier molecular flexibility index (Phi) is 10.6. The number of carbonyl (C=O) groups is 1. The van der Waals surface area contributed by atoms with Crippen LogP contribution in [0.4, 0.5) is 0 Å². The zero-order valence-electron chi connectivity index (χ0n) is 23.3. The van der Waals surface area contributed by atoms with Gasteiger partial charge in [-0.2, -0.15) is 0 Å². The molecule has 0 saturated carbocycles. The molecule has 0 aromatic heterocycles. The molecule has 0 unspecified atom stereocenters. The maximum Gasteiger partial charge on any atom is 0.335 e. The summed E-state index contributed by atoms with van der Waals surface area (Å²) in [5.74, 6) is -0.367. The Morgan fingerprint density at radius 1 is 0.667 bits per heavy atom. The van der Waals surface area contributed by atoms with E-state index in [9.17, 15) is 9.90 Å². The first kappa shape index (κ1) is 29.8. The van der Waals surface area contributed by atoms with E-state index in [4.69, 9.17) is 23.7 Å². The van der Waals surface area contributed by atoms with E-state index in [1.165, 1.54) is 11.8 Å². The van der Waals surface area contributed by atoms with Crippen LogP contribution in [0.3, 0.4) is 0 Å². The minimum absolute atomic E-state index is 0.200. The van der Waals surface area contributed by atoms with Crippen LogP contribution >= 0.6 is 11.8 Å². The van der Waals surface area contributed by atoms with Crippen LogP contribution in [-0.2, 0) is 43.6 Å². The van der Waals surface area contributed by atoms with Gasteiger partial charge in [0.15, 0.2) is 6.10 Å². The SMILES string of the molecule is COc1ccc(CO[C@H]2[C@@H](OCc3ccccc3)[C@H](OCc3ccccc3)[C@@H](C(=O)O)O[C@@H]2Sc2ccccc2)cc1. The van der Waals surface area contributed by atoms with E-state index in [0.29, 0.717) is 0 Å². The van der Waals surface area contributed by atoms with Crippen molar-refractivity contribution in [2.45, 2.75) is 54.6 Å². The van der Waals surface area contributed by atoms with E-state index in [0.717, 1.165) is 27.3 Å². The molecule has 0 amide bonds. The van der Waals surface area contributed by atoms with Crippen molar-refractivity contribution in [1.29, 1.82) is 0 Å². The molecule has 1 fully saturated rings. The molecule has 0 spiro atoms. The van der Waals surface area contributed by atoms with Crippen molar-refractivity contribution >= 4 is 17.7 Å². The highest BCUT2D eigenvalue weighted by molar-refractivity contribution is 7.99. The molecule has 1 N–H and O–H groups in total. The molecule has 42 heavy (non-hydrogen) atoms. The molecule has 218 valence electrons. The van der Waals surface area contributed by atoms with E-state index in [1.54, 1.807) is 7.11 Å². The fraction of sp³-hybridized carbons (Fsp3) is 0.265. The largest absolute Gasteiger partial charge is 0.497 e. The normalized spacial score (nSPS) is 22.0. The first-order valence-corrected chi connectivity index (χ1v) is 14.6. The van der Waals surface area contributed by atoms with Crippen LogP contribution in [0.1, 0.15) is 16.7 Å². The van der Waals surface area contributed by atoms with Gasteiger partial charge in [0.25, 0.3) is 0 Å². The molecule has 5 atom stereocenters. The van der Waals surface area contributed by atoms with Crippen molar-refractivity contribution in [3.8, 4) is 5.75 Å². The monoisotopic (exact) mass is 586 g/mol. The molecule has 0 bridgehead atoms. The fourth-order valence-corrected chi connectivity index (χ4v) is 5.86. The van der Waals surface area contributed by atoms with Gasteiger partial charge in [0, 0.05) is 4.90 Å². The fourth-order valence-electron chi connectivity index (χ4n) is 4.73. The number of rotatable bonds is 13. The minimum Gasteiger partial charge on any atom is -0.497 e. The summed E-state index contributed by atoms with van der Waals surface area (Å²) in [6, 6.07) is 36.7. The van der Waals surface area contributed by atoms with Gasteiger partial charge < -0.3 is 28.8 Å². The average Bonchev–Trinajstić information content (AvgIpc) is 3.04. The lowest BCUT2D eigenvalue weighted by atomic mass is 9.98. The van der Waals surface area contributed by atoms with Crippen LogP contribution in [-0.4, -0.2) is 48.0 Å². The molecule has 7 nitrogen and oxygen atoms in total. The molecule has 0 radical (unpaired) electrons. The Balaban J connectivity index is 1.46. The topological polar surface area (TPSA) is 83.5 Å². The van der Waals surface area contributed by atoms with Crippen molar-refractivity contribution in [3.05, 3.63) is 132 Å². The first-order chi connectivity index (χ1) is 20.6. The van der Waals surface area contributed by atoms with Gasteiger partial charge in [-0.3, -0.25) is 0 Å². The highest BCUT2D eigenvalue weighted by Crippen LogP contribution is 2.38. The van der Waals surface area contributed by atoms with Crippen LogP contribution in [0.2, 0.25) is 0 Å². The third-order valence-corrected chi connectivity index (χ3v) is 8.06. The van der Waals surface area contributed by atoms with Crippen molar-refractivity contribution in [2.75, 3.05) is 7.11 Å². The quantitative estimate of drug-likeness (QED) is 0.194. The van der Waals surface area contributed by atoms with Crippen molar-refractivity contribution in [1.82, 2.24) is 0 Å². The average molecular weight is 587 g/mol. The highest BCUT2D eigenvalue weighted by atomic mass is 32.2. The maximum absolute atomic E-state index is 12.6. The van der Waals surface area contributed by atoms with Crippen molar-refractivity contribution in [2.24, 2.45) is 0 Å². The van der Waals surface area contributed by atoms with E-state index in [-0.39, 0.29) is 19.8 Å². The highest BCUT2D eigenvalue weighted by Gasteiger charge is 2.51. The summed E-state index contributed by atoms with van der Waals surface area (Å²) < 4.78 is 31.0. The molecule has 4 aromatic carbocycles. The van der Waals surface area contributed by atoms with E-state index >= 15 is 0 Å². The number of thioether (sulfide) groups is 1. The van der Waals surface area contributed by atoms with E-state index < -0.39 is 35.8 Å². The molecule has 1 heterocycles. The minimum atomic E-state index is -1.27. The number of methoxy groups -OCH3 is 1. The van der Waals surface area contributed by atoms with Crippen molar-refractivity contribution < 1.29 is 33.6 Å². The Bertz CT molecular complexity index is 1370. The maximum atomic E-state index is 12.6. The molecule has 4 aromatic rings. The number of aliphatic carboxylic acids is 1. The zero-order chi connectivity index (χ0) is 29.1. The number of benzene rings is 4. The van der Waals surface area contributed by atoms with Gasteiger partial charge >= 0.3 is 5.97 Å². The number of carboxylic acid groups (broad SMARTS) is 1. The van der Waals surface area contributed by atoms with Gasteiger partial charge in [-0.1, -0.05) is 103 Å². The summed E-state index contributed by atoms with van der Waals surface area (Å²) in [6.45, 7) is 0.720. The van der Waals surface area contributed by atoms with Gasteiger partial charge in [0.05, 0.1) is 26.9 Å². The predicted molar refractivity (Wildman–Crippen MR) is 160 cm³/mol. The molecule has 1 aliphatic rings. The Morgan fingerprint density at radius 2 is 1.14 bits per heavy atom. The third-order valence-electron chi connectivity index (χ3n) is 6.91. The van der Waals surface area contributed by atoms with Gasteiger partial charge in [0.2, 0.25) is 0 Å². The van der Waals surface area contributed by atoms with Crippen LogP contribution in [0.25, 0.3) is 0 Å². The Labute approximate surface area is 250 Å². The molecule has 1 saturated heterocycles. The lowest BCUT2D eigenvalue weighted by Crippen LogP contribution is -2.61. The second-order valence-corrected chi connectivity index (χ2v) is 11.0. The molecular formula is C34H34O7S. The Hall–Kier alpha value is -3.66. The Morgan fingerprint density at radius 3 is 1.67 bits per heavy atom. The molecule has 1 aliphatic heterocycles. The lowest BCUT2D eigenvalue weighted by Gasteiger charge is -2.44. The van der Waals surface area contributed by atoms with Crippen LogP contribution in [0.5, 0.6) is 5.75 Å². The zero-order valence-corrected chi connectivity index (χ0v) is 24.1. The molecule has 5 rings (SSSR count). The molecule has 8 heteroatoms. The summed E-state index contributed by atoms with van der Waals surface area (Å²) >= 11 is 1.41. The summed E-state index contributed by atoms with van der Waals surface area (Å²) in [5.41, 5.74) is 2.13. The summed E-state index contributed by atoms with van der Waals surface area (Å²) in [5, 5.41) is 10.3. The number of hydrogen-bond donors (Lipinski definition) is 1. The molecular weight excluding hydrogens is 552 g/mol. The summed E-state index contributed by atoms with van der Waals surface area (Å²) in [7, 11) is 1.62. The standard InChI is InChI=1S/C34H34O7S/c1-37-27-19-17-26(18-20-27)23-40-32-30(39-22-25-13-7-3-8-14-25)29(38-21-24-11-5-2-6-12-24)31(33(35)36)41-34(32)42-28-15-9-4-10-16-28/h2-20,29-32,34H,21-23H2,1H3,(H,35,36)/t29-,30-,31-,32-,34+/m0/s1. The smallest absolute Gasteiger partial charge is 0.335 e. The van der Waals surface area contributed by atoms with Gasteiger partial charge in [-0.05, 0) is 41.0 Å². The third kappa shape index (κ3) is 8.00. The second-order valence-electron chi connectivity index (χ2n) is 9.84. The predicted octanol–water partition coefficient (Wildman–Crippen LogP) is 6.35. The van der Waals surface area contributed by atoms with E-state index in [1.807, 2.05) is 115 Å². The summed E-state index contributed by atoms with van der Waals surface area (Å²) in [4.78, 5) is 13.5. The van der Waals surface area contributed by atoms with Gasteiger partial charge in [0.1, 0.15) is 29.5 Å². The van der Waals surface area contributed by atoms with Crippen LogP contribution in [0.15, 0.2) is 120 Å². The number of carboxylic acids is 1. The second kappa shape index (κ2) is 15.0. The number of ether oxygens (including phenoxy) is 5. The van der Waals surface area contributed by atoms with Gasteiger partial charge in [-0.15, -0.1) is 0 Å². The summed E-state index contributed by atoms with van der Waals surface area (Å²) in [6.07, 6.45) is -3.60. The van der Waals surface area contributed by atoms with Crippen molar-refractivity contribution in [3.63, 3.8) is 0 Å². The van der Waals surface area contributed by atoms with Gasteiger partial charge in [-0.25, -0.2) is 4.79 Å². The molecule has 0 aliphatic carbocycles. The number of hydrogen-bond acceptors (Lipinski definition) is 7. The first-order valence-electron chi connectivity index (χ1n) is 13.8. The van der Waals surface area contributed by atoms with Crippen LogP contribution < -0.4 is 4.74 Å². The van der Waals surface area contributed by atoms with E-state index in [2.05, 4.69) is 0 Å². The van der Waals surface area contributed by atoms with Crippen LogP contribution in [0, 0.1) is 0 Å². The lowest BCUT2D eigenvalue weighted by molar-refractivity contribution is -0.248.